The van der Waals surface area contributed by atoms with Crippen LogP contribution in [0.25, 0.3) is 0 Å². The van der Waals surface area contributed by atoms with Gasteiger partial charge in [-0.1, -0.05) is 35.9 Å². The van der Waals surface area contributed by atoms with Gasteiger partial charge in [0.05, 0.1) is 6.04 Å². The Morgan fingerprint density at radius 1 is 1.08 bits per heavy atom. The van der Waals surface area contributed by atoms with Crippen LogP contribution in [-0.4, -0.2) is 18.1 Å². The smallest absolute Gasteiger partial charge is 0.265 e. The van der Waals surface area contributed by atoms with Gasteiger partial charge >= 0.3 is 0 Å². The first-order valence-electron chi connectivity index (χ1n) is 8.25. The molecule has 24 heavy (non-hydrogen) atoms. The summed E-state index contributed by atoms with van der Waals surface area (Å²) in [4.78, 5) is 12.7. The SMILES string of the molecule is Cc1ccc(C)c([C@@H](C)NC(=O)[C@@H]2Oc3ccccc3O[C@@H]2C)c1. The molecule has 2 aromatic rings. The van der Waals surface area contributed by atoms with Crippen LogP contribution in [0.4, 0.5) is 0 Å². The Labute approximate surface area is 142 Å². The normalized spacial score (nSPS) is 20.3. The maximum Gasteiger partial charge on any atom is 0.265 e. The summed E-state index contributed by atoms with van der Waals surface area (Å²) in [5, 5.41) is 3.05. The second-order valence-corrected chi connectivity index (χ2v) is 6.40. The lowest BCUT2D eigenvalue weighted by atomic mass is 9.99. The molecular formula is C20H23NO3. The van der Waals surface area contributed by atoms with Crippen LogP contribution in [0.5, 0.6) is 11.5 Å². The zero-order valence-electron chi connectivity index (χ0n) is 14.5. The standard InChI is InChI=1S/C20H23NO3/c1-12-9-10-13(2)16(11-12)14(3)21-20(22)19-15(4)23-17-7-5-6-8-18(17)24-19/h5-11,14-15,19H,1-4H3,(H,21,22)/t14-,15-,19-/m1/s1. The van der Waals surface area contributed by atoms with Gasteiger partial charge in [0.25, 0.3) is 5.91 Å². The fraction of sp³-hybridized carbons (Fsp3) is 0.350. The van der Waals surface area contributed by atoms with Crippen LogP contribution < -0.4 is 14.8 Å². The Balaban J connectivity index is 1.74. The van der Waals surface area contributed by atoms with Crippen LogP contribution in [0.1, 0.15) is 36.6 Å². The van der Waals surface area contributed by atoms with E-state index in [-0.39, 0.29) is 18.1 Å². The Hall–Kier alpha value is -2.49. The minimum absolute atomic E-state index is 0.0922. The van der Waals surface area contributed by atoms with E-state index in [1.165, 1.54) is 5.56 Å². The van der Waals surface area contributed by atoms with Crippen molar-refractivity contribution in [1.29, 1.82) is 0 Å². The van der Waals surface area contributed by atoms with Crippen LogP contribution in [0, 0.1) is 13.8 Å². The van der Waals surface area contributed by atoms with Crippen molar-refractivity contribution in [3.05, 3.63) is 59.2 Å². The van der Waals surface area contributed by atoms with Crippen LogP contribution >= 0.6 is 0 Å². The highest BCUT2D eigenvalue weighted by Gasteiger charge is 2.34. The summed E-state index contributed by atoms with van der Waals surface area (Å²) in [5.74, 6) is 1.12. The molecule has 0 fully saturated rings. The van der Waals surface area contributed by atoms with Crippen molar-refractivity contribution in [2.24, 2.45) is 0 Å². The summed E-state index contributed by atoms with van der Waals surface area (Å²) in [6.07, 6.45) is -1.00. The molecule has 0 spiro atoms. The van der Waals surface area contributed by atoms with E-state index >= 15 is 0 Å². The molecule has 0 aliphatic carbocycles. The number of amides is 1. The molecule has 3 rings (SSSR count). The van der Waals surface area contributed by atoms with Gasteiger partial charge in [0.1, 0.15) is 6.10 Å². The van der Waals surface area contributed by atoms with E-state index in [0.717, 1.165) is 11.1 Å². The molecule has 1 heterocycles. The number of benzene rings is 2. The number of ether oxygens (including phenoxy) is 2. The Morgan fingerprint density at radius 3 is 2.46 bits per heavy atom. The summed E-state index contributed by atoms with van der Waals surface area (Å²) in [7, 11) is 0. The predicted octanol–water partition coefficient (Wildman–Crippen LogP) is 3.71. The second-order valence-electron chi connectivity index (χ2n) is 6.40. The number of aryl methyl sites for hydroxylation is 2. The van der Waals surface area contributed by atoms with Gasteiger partial charge in [0.15, 0.2) is 11.5 Å². The van der Waals surface area contributed by atoms with Gasteiger partial charge in [-0.25, -0.2) is 0 Å². The van der Waals surface area contributed by atoms with Crippen molar-refractivity contribution in [3.8, 4) is 11.5 Å². The average molecular weight is 325 g/mol. The van der Waals surface area contributed by atoms with E-state index in [2.05, 4.69) is 37.4 Å². The van der Waals surface area contributed by atoms with Gasteiger partial charge in [-0.15, -0.1) is 0 Å². The zero-order chi connectivity index (χ0) is 17.3. The second kappa shape index (κ2) is 6.56. The van der Waals surface area contributed by atoms with Gasteiger partial charge in [0, 0.05) is 0 Å². The highest BCUT2D eigenvalue weighted by molar-refractivity contribution is 5.82. The van der Waals surface area contributed by atoms with E-state index in [4.69, 9.17) is 9.47 Å². The lowest BCUT2D eigenvalue weighted by molar-refractivity contribution is -0.134. The number of fused-ring (bicyclic) bond motifs is 1. The third-order valence-electron chi connectivity index (χ3n) is 4.36. The first kappa shape index (κ1) is 16.4. The monoisotopic (exact) mass is 325 g/mol. The van der Waals surface area contributed by atoms with Gasteiger partial charge in [-0.3, -0.25) is 4.79 Å². The zero-order valence-corrected chi connectivity index (χ0v) is 14.5. The molecule has 1 N–H and O–H groups in total. The van der Waals surface area contributed by atoms with Crippen molar-refractivity contribution in [2.75, 3.05) is 0 Å². The third kappa shape index (κ3) is 3.23. The van der Waals surface area contributed by atoms with E-state index < -0.39 is 6.10 Å². The molecule has 0 aromatic heterocycles. The summed E-state index contributed by atoms with van der Waals surface area (Å²) in [6.45, 7) is 7.94. The van der Waals surface area contributed by atoms with Crippen molar-refractivity contribution >= 4 is 5.91 Å². The largest absolute Gasteiger partial charge is 0.482 e. The minimum Gasteiger partial charge on any atom is -0.482 e. The summed E-state index contributed by atoms with van der Waals surface area (Å²) in [6, 6.07) is 13.6. The van der Waals surface area contributed by atoms with Crippen LogP contribution in [0.15, 0.2) is 42.5 Å². The molecular weight excluding hydrogens is 302 g/mol. The Bertz CT molecular complexity index is 756. The van der Waals surface area contributed by atoms with Crippen LogP contribution in [-0.2, 0) is 4.79 Å². The van der Waals surface area contributed by atoms with E-state index in [0.29, 0.717) is 11.5 Å². The topological polar surface area (TPSA) is 47.6 Å². The van der Waals surface area contributed by atoms with E-state index in [9.17, 15) is 4.79 Å². The van der Waals surface area contributed by atoms with E-state index in [1.807, 2.05) is 38.1 Å². The van der Waals surface area contributed by atoms with Gasteiger partial charge in [-0.2, -0.15) is 0 Å². The Kier molecular flexibility index (Phi) is 4.47. The van der Waals surface area contributed by atoms with Crippen molar-refractivity contribution in [1.82, 2.24) is 5.32 Å². The van der Waals surface area contributed by atoms with Crippen molar-refractivity contribution in [2.45, 2.75) is 45.9 Å². The first-order valence-corrected chi connectivity index (χ1v) is 8.25. The van der Waals surface area contributed by atoms with Crippen LogP contribution in [0.3, 0.4) is 0 Å². The average Bonchev–Trinajstić information content (AvgIpc) is 2.56. The van der Waals surface area contributed by atoms with Crippen molar-refractivity contribution in [3.63, 3.8) is 0 Å². The molecule has 3 atom stereocenters. The van der Waals surface area contributed by atoms with Crippen molar-refractivity contribution < 1.29 is 14.3 Å². The minimum atomic E-state index is -0.660. The molecule has 1 aliphatic rings. The van der Waals surface area contributed by atoms with Gasteiger partial charge in [0.2, 0.25) is 6.10 Å². The molecule has 1 aliphatic heterocycles. The summed E-state index contributed by atoms with van der Waals surface area (Å²) in [5.41, 5.74) is 3.46. The molecule has 1 amide bonds. The quantitative estimate of drug-likeness (QED) is 0.936. The molecule has 0 radical (unpaired) electrons. The Morgan fingerprint density at radius 2 is 1.75 bits per heavy atom. The van der Waals surface area contributed by atoms with E-state index in [1.54, 1.807) is 0 Å². The summed E-state index contributed by atoms with van der Waals surface area (Å²) < 4.78 is 11.7. The predicted molar refractivity (Wildman–Crippen MR) is 93.4 cm³/mol. The maximum atomic E-state index is 12.7. The number of carbonyl (C=O) groups is 1. The first-order chi connectivity index (χ1) is 11.5. The number of para-hydroxylation sites is 2. The molecule has 0 saturated heterocycles. The molecule has 0 unspecified atom stereocenters. The number of hydrogen-bond donors (Lipinski definition) is 1. The molecule has 4 nitrogen and oxygen atoms in total. The highest BCUT2D eigenvalue weighted by Crippen LogP contribution is 2.33. The lowest BCUT2D eigenvalue weighted by Gasteiger charge is -2.32. The molecule has 4 heteroatoms. The van der Waals surface area contributed by atoms with Crippen LogP contribution in [0.2, 0.25) is 0 Å². The fourth-order valence-electron chi connectivity index (χ4n) is 3.01. The summed E-state index contributed by atoms with van der Waals surface area (Å²) >= 11 is 0. The number of nitrogens with one attached hydrogen (secondary N) is 1. The van der Waals surface area contributed by atoms with Gasteiger partial charge in [-0.05, 0) is 51.0 Å². The van der Waals surface area contributed by atoms with Gasteiger partial charge < -0.3 is 14.8 Å². The fourth-order valence-corrected chi connectivity index (χ4v) is 3.01. The highest BCUT2D eigenvalue weighted by atomic mass is 16.6. The molecule has 0 bridgehead atoms. The number of rotatable bonds is 3. The molecule has 126 valence electrons. The lowest BCUT2D eigenvalue weighted by Crippen LogP contribution is -2.49. The molecule has 2 aromatic carbocycles. The third-order valence-corrected chi connectivity index (χ3v) is 4.36. The molecule has 0 saturated carbocycles. The number of hydrogen-bond acceptors (Lipinski definition) is 3. The number of carbonyl (C=O) groups excluding carboxylic acids is 1. The maximum absolute atomic E-state index is 12.7.